The first-order chi connectivity index (χ1) is 16.8. The Kier molecular flexibility index (Phi) is 7.66. The molecule has 0 saturated heterocycles. The smallest absolute Gasteiger partial charge is 0.412 e. The molecule has 0 saturated carbocycles. The van der Waals surface area contributed by atoms with Gasteiger partial charge in [-0.1, -0.05) is 0 Å². The fourth-order valence-electron chi connectivity index (χ4n) is 3.67. The predicted molar refractivity (Wildman–Crippen MR) is 138 cm³/mol. The second kappa shape index (κ2) is 10.3. The third kappa shape index (κ3) is 6.59. The Balaban J connectivity index is 1.76. The third-order valence-corrected chi connectivity index (χ3v) is 5.48. The number of carbonyl (C=O) groups excluding carboxylic acids is 2. The van der Waals surface area contributed by atoms with Crippen molar-refractivity contribution in [2.24, 2.45) is 0 Å². The molecular formula is C26H33N5O5. The van der Waals surface area contributed by atoms with Crippen LogP contribution in [0.3, 0.4) is 0 Å². The van der Waals surface area contributed by atoms with Gasteiger partial charge >= 0.3 is 11.7 Å². The quantitative estimate of drug-likeness (QED) is 0.501. The first-order valence-corrected chi connectivity index (χ1v) is 11.6. The van der Waals surface area contributed by atoms with Crippen LogP contribution < -0.4 is 16.3 Å². The molecule has 192 valence electrons. The van der Waals surface area contributed by atoms with Gasteiger partial charge < -0.3 is 19.4 Å². The number of amides is 2. The Hall–Kier alpha value is -3.95. The fourth-order valence-corrected chi connectivity index (χ4v) is 3.67. The highest BCUT2D eigenvalue weighted by Crippen LogP contribution is 2.25. The maximum Gasteiger partial charge on any atom is 0.412 e. The molecule has 0 spiro atoms. The first-order valence-electron chi connectivity index (χ1n) is 11.6. The molecule has 2 heterocycles. The molecule has 0 atom stereocenters. The molecule has 3 rings (SSSR count). The van der Waals surface area contributed by atoms with E-state index in [9.17, 15) is 14.4 Å². The molecule has 0 aliphatic heterocycles. The molecule has 1 aromatic carbocycles. The van der Waals surface area contributed by atoms with Crippen molar-refractivity contribution < 1.29 is 18.7 Å². The van der Waals surface area contributed by atoms with Gasteiger partial charge in [0, 0.05) is 31.7 Å². The summed E-state index contributed by atoms with van der Waals surface area (Å²) in [4.78, 5) is 48.1. The Morgan fingerprint density at radius 3 is 2.39 bits per heavy atom. The number of benzene rings is 1. The zero-order chi connectivity index (χ0) is 26.7. The Morgan fingerprint density at radius 2 is 1.75 bits per heavy atom. The van der Waals surface area contributed by atoms with Crippen molar-refractivity contribution in [3.05, 3.63) is 58.2 Å². The van der Waals surface area contributed by atoms with Gasteiger partial charge in [0.1, 0.15) is 11.1 Å². The lowest BCUT2D eigenvalue weighted by molar-refractivity contribution is -0.133. The van der Waals surface area contributed by atoms with Gasteiger partial charge in [-0.25, -0.2) is 9.59 Å². The van der Waals surface area contributed by atoms with Crippen LogP contribution in [0.5, 0.6) is 0 Å². The molecule has 2 N–H and O–H groups in total. The van der Waals surface area contributed by atoms with E-state index in [1.807, 2.05) is 12.1 Å². The topological polar surface area (TPSA) is 127 Å². The van der Waals surface area contributed by atoms with E-state index in [4.69, 9.17) is 9.15 Å². The van der Waals surface area contributed by atoms with Gasteiger partial charge in [-0.2, -0.15) is 4.98 Å². The lowest BCUT2D eigenvalue weighted by Gasteiger charge is -2.30. The third-order valence-electron chi connectivity index (χ3n) is 5.48. The van der Waals surface area contributed by atoms with Crippen LogP contribution in [0.15, 0.2) is 45.9 Å². The number of nitrogens with zero attached hydrogens (tertiary/aromatic N) is 3. The van der Waals surface area contributed by atoms with E-state index in [0.717, 1.165) is 5.56 Å². The lowest BCUT2D eigenvalue weighted by Crippen LogP contribution is -2.49. The van der Waals surface area contributed by atoms with E-state index in [1.165, 1.54) is 0 Å². The second-order valence-electron chi connectivity index (χ2n) is 10.1. The summed E-state index contributed by atoms with van der Waals surface area (Å²) in [6.45, 7) is 10.9. The molecule has 0 aliphatic carbocycles. The van der Waals surface area contributed by atoms with Crippen LogP contribution in [0, 0.1) is 6.92 Å². The molecule has 0 radical (unpaired) electrons. The van der Waals surface area contributed by atoms with Crippen LogP contribution in [0.25, 0.3) is 10.9 Å². The molecule has 0 fully saturated rings. The van der Waals surface area contributed by atoms with Crippen molar-refractivity contribution in [1.82, 2.24) is 14.9 Å². The first kappa shape index (κ1) is 26.7. The fraction of sp³-hybridized carbons (Fsp3) is 0.423. The zero-order valence-electron chi connectivity index (χ0n) is 21.8. The highest BCUT2D eigenvalue weighted by Gasteiger charge is 2.32. The van der Waals surface area contributed by atoms with E-state index in [-0.39, 0.29) is 17.3 Å². The predicted octanol–water partition coefficient (Wildman–Crippen LogP) is 4.13. The number of hydrogen-bond donors (Lipinski definition) is 2. The van der Waals surface area contributed by atoms with Crippen molar-refractivity contribution in [3.63, 3.8) is 0 Å². The van der Waals surface area contributed by atoms with E-state index in [1.54, 1.807) is 78.0 Å². The molecule has 10 nitrogen and oxygen atoms in total. The largest absolute Gasteiger partial charge is 0.444 e. The normalized spacial score (nSPS) is 11.8. The molecule has 2 aromatic heterocycles. The number of aryl methyl sites for hydroxylation is 1. The van der Waals surface area contributed by atoms with E-state index < -0.39 is 22.9 Å². The van der Waals surface area contributed by atoms with Gasteiger partial charge in [-0.3, -0.25) is 15.1 Å². The number of rotatable bonds is 7. The van der Waals surface area contributed by atoms with E-state index in [0.29, 0.717) is 29.7 Å². The van der Waals surface area contributed by atoms with Crippen LogP contribution in [0.4, 0.5) is 16.5 Å². The summed E-state index contributed by atoms with van der Waals surface area (Å²) in [6.07, 6.45) is 3.49. The van der Waals surface area contributed by atoms with Gasteiger partial charge in [0.05, 0.1) is 10.9 Å². The maximum absolute atomic E-state index is 13.1. The van der Waals surface area contributed by atoms with Crippen LogP contribution in [0.2, 0.25) is 0 Å². The minimum Gasteiger partial charge on any atom is -0.444 e. The van der Waals surface area contributed by atoms with Gasteiger partial charge in [-0.05, 0) is 83.4 Å². The molecular weight excluding hydrogens is 462 g/mol. The van der Waals surface area contributed by atoms with Crippen LogP contribution in [-0.4, -0.2) is 51.6 Å². The molecule has 0 unspecified atom stereocenters. The number of likely N-dealkylation sites (N-methyl/N-ethyl adjacent to an activating group) is 1. The zero-order valence-corrected chi connectivity index (χ0v) is 21.8. The molecule has 2 amide bonds. The number of nitrogens with one attached hydrogen (secondary N) is 2. The molecule has 10 heteroatoms. The van der Waals surface area contributed by atoms with Gasteiger partial charge in [-0.15, -0.1) is 0 Å². The summed E-state index contributed by atoms with van der Waals surface area (Å²) in [7, 11) is 1.72. The SMILES string of the molecule is Cc1c(NC(=O)OC(C)(C)C)ccc2nc(NC(C)(C)C(=O)N(C)CCc3ccncc3)oc(=O)c12. The van der Waals surface area contributed by atoms with Crippen LogP contribution >= 0.6 is 0 Å². The minimum atomic E-state index is -1.09. The number of hydrogen-bond acceptors (Lipinski definition) is 8. The van der Waals surface area contributed by atoms with E-state index >= 15 is 0 Å². The molecule has 0 bridgehead atoms. The number of carbonyl (C=O) groups is 2. The Bertz CT molecular complexity index is 1310. The number of fused-ring (bicyclic) bond motifs is 1. The van der Waals surface area contributed by atoms with Crippen LogP contribution in [0.1, 0.15) is 45.7 Å². The van der Waals surface area contributed by atoms with Gasteiger partial charge in [0.15, 0.2) is 0 Å². The average molecular weight is 496 g/mol. The van der Waals surface area contributed by atoms with Crippen LogP contribution in [-0.2, 0) is 16.0 Å². The summed E-state index contributed by atoms with van der Waals surface area (Å²) in [5.74, 6) is -0.186. The van der Waals surface area contributed by atoms with Crippen molar-refractivity contribution in [3.8, 4) is 0 Å². The van der Waals surface area contributed by atoms with Crippen molar-refractivity contribution in [2.75, 3.05) is 24.2 Å². The standard InChI is InChI=1S/C26H33N5O5/c1-16-18(29-24(34)36-25(2,3)4)8-9-19-20(16)21(32)35-23(28-19)30-26(5,6)22(33)31(7)15-12-17-10-13-27-14-11-17/h8-11,13-14H,12,15H2,1-7H3,(H,28,30)(H,29,34). The lowest BCUT2D eigenvalue weighted by atomic mass is 10.0. The summed E-state index contributed by atoms with van der Waals surface area (Å²) < 4.78 is 10.7. The number of anilines is 2. The van der Waals surface area contributed by atoms with Crippen molar-refractivity contribution in [1.29, 1.82) is 0 Å². The van der Waals surface area contributed by atoms with Gasteiger partial charge in [0.25, 0.3) is 6.01 Å². The maximum atomic E-state index is 13.1. The van der Waals surface area contributed by atoms with Crippen molar-refractivity contribution in [2.45, 2.75) is 59.1 Å². The summed E-state index contributed by atoms with van der Waals surface area (Å²) in [5, 5.41) is 5.83. The highest BCUT2D eigenvalue weighted by atomic mass is 16.6. The highest BCUT2D eigenvalue weighted by molar-refractivity contribution is 5.93. The molecule has 3 aromatic rings. The van der Waals surface area contributed by atoms with Crippen molar-refractivity contribution >= 4 is 34.6 Å². The monoisotopic (exact) mass is 495 g/mol. The number of pyridine rings is 1. The number of ether oxygens (including phenoxy) is 1. The van der Waals surface area contributed by atoms with E-state index in [2.05, 4.69) is 20.6 Å². The summed E-state index contributed by atoms with van der Waals surface area (Å²) >= 11 is 0. The Labute approximate surface area is 210 Å². The number of aromatic nitrogens is 2. The summed E-state index contributed by atoms with van der Waals surface area (Å²) in [5.41, 5.74) is -0.0226. The molecule has 0 aliphatic rings. The minimum absolute atomic E-state index is 0.0689. The second-order valence-corrected chi connectivity index (χ2v) is 10.1. The van der Waals surface area contributed by atoms with Gasteiger partial charge in [0.2, 0.25) is 5.91 Å². The Morgan fingerprint density at radius 1 is 1.08 bits per heavy atom. The molecule has 36 heavy (non-hydrogen) atoms. The summed E-state index contributed by atoms with van der Waals surface area (Å²) in [6, 6.07) is 6.99. The average Bonchev–Trinajstić information content (AvgIpc) is 2.77.